The normalized spacial score (nSPS) is 10.5. The number of carbonyl (C=O) groups excluding carboxylic acids is 1. The number of thiophene rings is 3. The van der Waals surface area contributed by atoms with E-state index in [9.17, 15) is 4.79 Å². The van der Waals surface area contributed by atoms with Gasteiger partial charge >= 0.3 is 0 Å². The van der Waals surface area contributed by atoms with E-state index in [2.05, 4.69) is 11.2 Å². The number of rotatable bonds is 3. The molecule has 32 heavy (non-hydrogen) atoms. The van der Waals surface area contributed by atoms with Gasteiger partial charge in [-0.2, -0.15) is 15.8 Å². The summed E-state index contributed by atoms with van der Waals surface area (Å²) in [6.45, 7) is 5.09. The number of hydrogen-bond donors (Lipinski definition) is 2. The summed E-state index contributed by atoms with van der Waals surface area (Å²) in [5.74, 6) is 0.0199. The fourth-order valence-corrected chi connectivity index (χ4v) is 4.09. The summed E-state index contributed by atoms with van der Waals surface area (Å²) in [4.78, 5) is 15.2. The largest absolute Gasteiger partial charge is 0.411 e. The zero-order valence-electron chi connectivity index (χ0n) is 17.4. The number of nitrogens with two attached hydrogens (primary N) is 1. The van der Waals surface area contributed by atoms with Crippen LogP contribution in [0, 0.1) is 34.0 Å². The molecule has 0 saturated carbocycles. The van der Waals surface area contributed by atoms with Crippen LogP contribution in [0.25, 0.3) is 0 Å². The van der Waals surface area contributed by atoms with Gasteiger partial charge in [-0.05, 0) is 57.2 Å². The average molecular weight is 506 g/mol. The van der Waals surface area contributed by atoms with Crippen molar-refractivity contribution in [3.8, 4) is 18.2 Å². The molecular weight excluding hydrogens is 486 g/mol. The summed E-state index contributed by atoms with van der Waals surface area (Å²) in [6.07, 6.45) is 0. The number of halogens is 1. The van der Waals surface area contributed by atoms with Crippen molar-refractivity contribution in [3.05, 3.63) is 65.7 Å². The van der Waals surface area contributed by atoms with Crippen LogP contribution in [0.3, 0.4) is 0 Å². The van der Waals surface area contributed by atoms with Crippen LogP contribution in [-0.2, 0) is 0 Å². The maximum Gasteiger partial charge on any atom is 0.169 e. The Morgan fingerprint density at radius 2 is 1.34 bits per heavy atom. The van der Waals surface area contributed by atoms with Crippen molar-refractivity contribution in [3.63, 3.8) is 0 Å². The molecule has 0 saturated heterocycles. The molecular formula is C21H20ClN5O2S3. The van der Waals surface area contributed by atoms with Crippen LogP contribution in [0.2, 0.25) is 0 Å². The van der Waals surface area contributed by atoms with Crippen molar-refractivity contribution in [2.45, 2.75) is 26.8 Å². The summed E-state index contributed by atoms with van der Waals surface area (Å²) in [6, 6.07) is 16.6. The summed E-state index contributed by atoms with van der Waals surface area (Å²) in [7, 11) is 0. The monoisotopic (exact) mass is 505 g/mol. The van der Waals surface area contributed by atoms with Crippen LogP contribution in [0.5, 0.6) is 0 Å². The lowest BCUT2D eigenvalue weighted by molar-refractivity contribution is 0.102. The molecule has 0 bridgehead atoms. The summed E-state index contributed by atoms with van der Waals surface area (Å²) in [5, 5.41) is 36.7. The molecule has 3 aromatic heterocycles. The van der Waals surface area contributed by atoms with E-state index in [0.717, 1.165) is 14.6 Å². The second-order valence-electron chi connectivity index (χ2n) is 5.90. The number of Topliss-reactive ketones (excluding diaryl/α,β-unsaturated/α-hetero) is 1. The number of hydrogen-bond acceptors (Lipinski definition) is 10. The van der Waals surface area contributed by atoms with Crippen molar-refractivity contribution < 1.29 is 10.0 Å². The van der Waals surface area contributed by atoms with Crippen molar-refractivity contribution in [1.29, 1.82) is 15.8 Å². The molecule has 0 fully saturated rings. The molecule has 3 N–H and O–H groups in total. The predicted octanol–water partition coefficient (Wildman–Crippen LogP) is 5.70. The van der Waals surface area contributed by atoms with Gasteiger partial charge in [0.1, 0.15) is 32.8 Å². The molecule has 11 heteroatoms. The third-order valence-electron chi connectivity index (χ3n) is 3.47. The van der Waals surface area contributed by atoms with Gasteiger partial charge < -0.3 is 10.9 Å². The molecule has 0 radical (unpaired) electrons. The highest BCUT2D eigenvalue weighted by Crippen LogP contribution is 2.20. The van der Waals surface area contributed by atoms with Gasteiger partial charge in [0.15, 0.2) is 5.78 Å². The Morgan fingerprint density at radius 3 is 1.66 bits per heavy atom. The van der Waals surface area contributed by atoms with E-state index >= 15 is 0 Å². The van der Waals surface area contributed by atoms with Gasteiger partial charge in [-0.3, -0.25) is 4.79 Å². The molecule has 166 valence electrons. The summed E-state index contributed by atoms with van der Waals surface area (Å²) < 4.78 is 0. The first-order valence-corrected chi connectivity index (χ1v) is 11.2. The third kappa shape index (κ3) is 9.40. The predicted molar refractivity (Wildman–Crippen MR) is 131 cm³/mol. The first-order chi connectivity index (χ1) is 14.7. The van der Waals surface area contributed by atoms with Gasteiger partial charge in [0, 0.05) is 10.9 Å². The van der Waals surface area contributed by atoms with E-state index in [1.807, 2.05) is 25.1 Å². The van der Waals surface area contributed by atoms with E-state index in [1.54, 1.807) is 37.3 Å². The quantitative estimate of drug-likeness (QED) is 0.202. The Bertz CT molecular complexity index is 1170. The molecule has 0 aromatic carbocycles. The SMILES string of the molecule is CC(=NO)c1ccc(C#N)s1.CC(=O)c1ccc(C#N)s1.CC(N)c1ccc(C#N)s1.Cl. The van der Waals surface area contributed by atoms with Crippen LogP contribution in [-0.4, -0.2) is 16.7 Å². The van der Waals surface area contributed by atoms with Crippen LogP contribution in [0.1, 0.15) is 60.9 Å². The molecule has 3 heterocycles. The highest BCUT2D eigenvalue weighted by atomic mass is 35.5. The molecule has 0 spiro atoms. The van der Waals surface area contributed by atoms with E-state index in [-0.39, 0.29) is 24.2 Å². The van der Waals surface area contributed by atoms with Crippen LogP contribution >= 0.6 is 46.4 Å². The minimum absolute atomic E-state index is 0. The molecule has 0 aliphatic carbocycles. The van der Waals surface area contributed by atoms with Crippen molar-refractivity contribution in [2.24, 2.45) is 10.9 Å². The van der Waals surface area contributed by atoms with E-state index in [1.165, 1.54) is 40.9 Å². The molecule has 3 aromatic rings. The molecule has 3 rings (SSSR count). The first-order valence-electron chi connectivity index (χ1n) is 8.70. The van der Waals surface area contributed by atoms with E-state index in [4.69, 9.17) is 26.7 Å². The van der Waals surface area contributed by atoms with Gasteiger partial charge in [-0.25, -0.2) is 0 Å². The van der Waals surface area contributed by atoms with Gasteiger partial charge in [0.05, 0.1) is 15.5 Å². The Labute approximate surface area is 204 Å². The maximum atomic E-state index is 10.7. The van der Waals surface area contributed by atoms with Crippen molar-refractivity contribution in [2.75, 3.05) is 0 Å². The van der Waals surface area contributed by atoms with E-state index < -0.39 is 0 Å². The van der Waals surface area contributed by atoms with Gasteiger partial charge in [0.25, 0.3) is 0 Å². The van der Waals surface area contributed by atoms with Crippen LogP contribution in [0.15, 0.2) is 41.6 Å². The smallest absolute Gasteiger partial charge is 0.169 e. The van der Waals surface area contributed by atoms with Gasteiger partial charge in [0.2, 0.25) is 0 Å². The lowest BCUT2D eigenvalue weighted by Crippen LogP contribution is -2.01. The topological polar surface area (TPSA) is 147 Å². The second kappa shape index (κ2) is 14.9. The zero-order valence-corrected chi connectivity index (χ0v) is 20.7. The van der Waals surface area contributed by atoms with E-state index in [0.29, 0.717) is 20.3 Å². The van der Waals surface area contributed by atoms with Crippen LogP contribution in [0.4, 0.5) is 0 Å². The van der Waals surface area contributed by atoms with Crippen LogP contribution < -0.4 is 5.73 Å². The Hall–Kier alpha value is -3.04. The number of carbonyl (C=O) groups is 1. The third-order valence-corrected chi connectivity index (χ3v) is 6.85. The minimum Gasteiger partial charge on any atom is -0.411 e. The maximum absolute atomic E-state index is 10.7. The molecule has 1 unspecified atom stereocenters. The number of nitriles is 3. The average Bonchev–Trinajstić information content (AvgIpc) is 3.53. The fourth-order valence-electron chi connectivity index (χ4n) is 1.89. The number of oxime groups is 1. The van der Waals surface area contributed by atoms with Crippen molar-refractivity contribution in [1.82, 2.24) is 0 Å². The number of nitrogens with zero attached hydrogens (tertiary/aromatic N) is 4. The Balaban J connectivity index is 0.000000444. The minimum atomic E-state index is 0. The number of ketones is 1. The van der Waals surface area contributed by atoms with Crippen molar-refractivity contribution >= 4 is 57.9 Å². The molecule has 1 atom stereocenters. The fraction of sp³-hybridized carbons (Fsp3) is 0.190. The molecule has 0 amide bonds. The highest BCUT2D eigenvalue weighted by Gasteiger charge is 2.03. The molecule has 0 aliphatic heterocycles. The zero-order chi connectivity index (χ0) is 23.4. The summed E-state index contributed by atoms with van der Waals surface area (Å²) >= 11 is 4.00. The molecule has 7 nitrogen and oxygen atoms in total. The second-order valence-corrected chi connectivity index (χ2v) is 9.18. The lowest BCUT2D eigenvalue weighted by atomic mass is 10.3. The standard InChI is InChI=1S/C7H6N2OS.C7H8N2S.C7H5NOS.ClH/c1-5(9-10)7-3-2-6(4-8)11-7;2*1-5(9)7-3-2-6(4-8)10-7;/h2-3,10H,1H3;2-3,5H,9H2,1H3;2-3H,1H3;1H. The van der Waals surface area contributed by atoms with Gasteiger partial charge in [-0.15, -0.1) is 46.4 Å². The summed E-state index contributed by atoms with van der Waals surface area (Å²) in [5.41, 5.74) is 6.12. The Kier molecular flexibility index (Phi) is 13.5. The lowest BCUT2D eigenvalue weighted by Gasteiger charge is -1.96. The highest BCUT2D eigenvalue weighted by molar-refractivity contribution is 7.15. The molecule has 0 aliphatic rings. The Morgan fingerprint density at radius 1 is 0.906 bits per heavy atom. The first kappa shape index (κ1) is 29.0. The van der Waals surface area contributed by atoms with Gasteiger partial charge in [-0.1, -0.05) is 5.16 Å².